The minimum atomic E-state index is -0.193. The van der Waals surface area contributed by atoms with Crippen LogP contribution in [-0.2, 0) is 16.1 Å². The molecule has 112 valence electrons. The van der Waals surface area contributed by atoms with E-state index in [1.165, 1.54) is 22.5 Å². The Morgan fingerprint density at radius 3 is 2.59 bits per heavy atom. The van der Waals surface area contributed by atoms with Gasteiger partial charge in [-0.25, -0.2) is 4.98 Å². The van der Waals surface area contributed by atoms with Gasteiger partial charge in [-0.15, -0.1) is 11.3 Å². The summed E-state index contributed by atoms with van der Waals surface area (Å²) in [6, 6.07) is 3.85. The SMILES string of the molecule is O=C1[C@H]2CC=CC[C@H]2C(=O)N1Cc1coc(-c2cccs2)n1. The summed E-state index contributed by atoms with van der Waals surface area (Å²) in [6.07, 6.45) is 6.81. The molecule has 1 fully saturated rings. The molecule has 2 aliphatic rings. The molecule has 22 heavy (non-hydrogen) atoms. The van der Waals surface area contributed by atoms with Crippen LogP contribution in [0.3, 0.4) is 0 Å². The van der Waals surface area contributed by atoms with Crippen molar-refractivity contribution in [3.05, 3.63) is 41.6 Å². The number of rotatable bonds is 3. The van der Waals surface area contributed by atoms with Gasteiger partial charge in [-0.2, -0.15) is 0 Å². The number of hydrogen-bond acceptors (Lipinski definition) is 5. The zero-order valence-corrected chi connectivity index (χ0v) is 12.6. The third-order valence-electron chi connectivity index (χ3n) is 4.20. The second kappa shape index (κ2) is 5.21. The molecule has 2 atom stereocenters. The molecule has 2 aromatic rings. The Morgan fingerprint density at radius 2 is 1.95 bits per heavy atom. The minimum Gasteiger partial charge on any atom is -0.443 e. The summed E-state index contributed by atoms with van der Waals surface area (Å²) >= 11 is 1.54. The fraction of sp³-hybridized carbons (Fsp3) is 0.312. The van der Waals surface area contributed by atoms with Gasteiger partial charge in [-0.05, 0) is 24.3 Å². The van der Waals surface area contributed by atoms with Gasteiger partial charge in [-0.1, -0.05) is 18.2 Å². The van der Waals surface area contributed by atoms with Crippen LogP contribution in [0.4, 0.5) is 0 Å². The number of likely N-dealkylation sites (tertiary alicyclic amines) is 1. The van der Waals surface area contributed by atoms with Crippen LogP contribution in [0, 0.1) is 11.8 Å². The van der Waals surface area contributed by atoms with E-state index in [2.05, 4.69) is 4.98 Å². The highest BCUT2D eigenvalue weighted by molar-refractivity contribution is 7.13. The lowest BCUT2D eigenvalue weighted by Gasteiger charge is -2.14. The normalized spacial score (nSPS) is 24.1. The van der Waals surface area contributed by atoms with Gasteiger partial charge in [0.25, 0.3) is 0 Å². The summed E-state index contributed by atoms with van der Waals surface area (Å²) in [5, 5.41) is 1.95. The summed E-state index contributed by atoms with van der Waals surface area (Å²) in [7, 11) is 0. The number of hydrogen-bond donors (Lipinski definition) is 0. The molecule has 3 heterocycles. The summed E-state index contributed by atoms with van der Waals surface area (Å²) in [6.45, 7) is 0.194. The first-order valence-electron chi connectivity index (χ1n) is 7.22. The Morgan fingerprint density at radius 1 is 1.23 bits per heavy atom. The summed E-state index contributed by atoms with van der Waals surface area (Å²) in [4.78, 5) is 31.5. The maximum atomic E-state index is 12.4. The summed E-state index contributed by atoms with van der Waals surface area (Å²) in [5.41, 5.74) is 0.608. The number of allylic oxidation sites excluding steroid dienone is 2. The van der Waals surface area contributed by atoms with Crippen molar-refractivity contribution in [2.75, 3.05) is 0 Å². The maximum Gasteiger partial charge on any atom is 0.236 e. The van der Waals surface area contributed by atoms with E-state index in [9.17, 15) is 9.59 Å². The van der Waals surface area contributed by atoms with Crippen molar-refractivity contribution in [2.45, 2.75) is 19.4 Å². The maximum absolute atomic E-state index is 12.4. The van der Waals surface area contributed by atoms with Gasteiger partial charge in [0.2, 0.25) is 17.7 Å². The van der Waals surface area contributed by atoms with Gasteiger partial charge in [0, 0.05) is 0 Å². The van der Waals surface area contributed by atoms with Gasteiger partial charge in [0.05, 0.1) is 29.0 Å². The molecule has 0 saturated carbocycles. The molecule has 0 spiro atoms. The van der Waals surface area contributed by atoms with Gasteiger partial charge in [0.15, 0.2) is 0 Å². The molecule has 1 saturated heterocycles. The van der Waals surface area contributed by atoms with Crippen molar-refractivity contribution in [1.82, 2.24) is 9.88 Å². The average molecular weight is 314 g/mol. The number of imide groups is 1. The first kappa shape index (κ1) is 13.5. The van der Waals surface area contributed by atoms with Crippen molar-refractivity contribution in [3.63, 3.8) is 0 Å². The van der Waals surface area contributed by atoms with Crippen LogP contribution in [0.25, 0.3) is 10.8 Å². The number of carbonyl (C=O) groups excluding carboxylic acids is 2. The highest BCUT2D eigenvalue weighted by Gasteiger charge is 2.47. The Kier molecular flexibility index (Phi) is 3.18. The van der Waals surface area contributed by atoms with E-state index in [-0.39, 0.29) is 30.2 Å². The zero-order valence-electron chi connectivity index (χ0n) is 11.8. The quantitative estimate of drug-likeness (QED) is 0.645. The third-order valence-corrected chi connectivity index (χ3v) is 5.06. The van der Waals surface area contributed by atoms with Gasteiger partial charge in [0.1, 0.15) is 6.26 Å². The van der Waals surface area contributed by atoms with Crippen LogP contribution in [0.15, 0.2) is 40.3 Å². The van der Waals surface area contributed by atoms with Crippen molar-refractivity contribution >= 4 is 23.2 Å². The van der Waals surface area contributed by atoms with Crippen LogP contribution < -0.4 is 0 Å². The number of nitrogens with zero attached hydrogens (tertiary/aromatic N) is 2. The smallest absolute Gasteiger partial charge is 0.236 e. The van der Waals surface area contributed by atoms with Gasteiger partial charge < -0.3 is 4.42 Å². The molecule has 0 bridgehead atoms. The van der Waals surface area contributed by atoms with Crippen molar-refractivity contribution in [2.24, 2.45) is 11.8 Å². The van der Waals surface area contributed by atoms with E-state index in [1.54, 1.807) is 0 Å². The average Bonchev–Trinajstić information content (AvgIpc) is 3.25. The first-order valence-corrected chi connectivity index (χ1v) is 8.10. The topological polar surface area (TPSA) is 63.4 Å². The minimum absolute atomic E-state index is 0.0833. The lowest BCUT2D eigenvalue weighted by Crippen LogP contribution is -2.30. The molecule has 1 aliphatic heterocycles. The standard InChI is InChI=1S/C16H14N2O3S/c19-15-11-4-1-2-5-12(11)16(20)18(15)8-10-9-21-14(17-10)13-6-3-7-22-13/h1-3,6-7,9,11-12H,4-5,8H2/t11-,12+. The van der Waals surface area contributed by atoms with Crippen molar-refractivity contribution in [3.8, 4) is 10.8 Å². The number of fused-ring (bicyclic) bond motifs is 1. The highest BCUT2D eigenvalue weighted by Crippen LogP contribution is 2.36. The number of oxazole rings is 1. The van der Waals surface area contributed by atoms with Crippen LogP contribution in [-0.4, -0.2) is 21.7 Å². The molecule has 2 amide bonds. The molecular weight excluding hydrogens is 300 g/mol. The van der Waals surface area contributed by atoms with Crippen molar-refractivity contribution < 1.29 is 14.0 Å². The highest BCUT2D eigenvalue weighted by atomic mass is 32.1. The number of amides is 2. The van der Waals surface area contributed by atoms with E-state index in [0.29, 0.717) is 24.4 Å². The predicted molar refractivity (Wildman–Crippen MR) is 80.7 cm³/mol. The third kappa shape index (κ3) is 2.11. The molecule has 0 N–H and O–H groups in total. The fourth-order valence-electron chi connectivity index (χ4n) is 3.08. The van der Waals surface area contributed by atoms with E-state index in [0.717, 1.165) is 4.88 Å². The molecule has 4 rings (SSSR count). The fourth-order valence-corrected chi connectivity index (χ4v) is 3.74. The van der Waals surface area contributed by atoms with Crippen LogP contribution in [0.1, 0.15) is 18.5 Å². The number of thiophene rings is 1. The summed E-state index contributed by atoms with van der Waals surface area (Å²) < 4.78 is 5.45. The Hall–Kier alpha value is -2.21. The molecule has 1 aliphatic carbocycles. The Bertz CT molecular complexity index is 721. The van der Waals surface area contributed by atoms with Crippen molar-refractivity contribution in [1.29, 1.82) is 0 Å². The number of carbonyl (C=O) groups is 2. The molecule has 0 radical (unpaired) electrons. The molecule has 0 aromatic carbocycles. The van der Waals surface area contributed by atoms with E-state index >= 15 is 0 Å². The molecular formula is C16H14N2O3S. The van der Waals surface area contributed by atoms with Gasteiger partial charge in [-0.3, -0.25) is 14.5 Å². The van der Waals surface area contributed by atoms with Gasteiger partial charge >= 0.3 is 0 Å². The van der Waals surface area contributed by atoms with Crippen LogP contribution in [0.5, 0.6) is 0 Å². The molecule has 5 nitrogen and oxygen atoms in total. The second-order valence-corrected chi connectivity index (χ2v) is 6.49. The Labute approximate surface area is 131 Å². The second-order valence-electron chi connectivity index (χ2n) is 5.54. The first-order chi connectivity index (χ1) is 10.7. The molecule has 0 unspecified atom stereocenters. The Balaban J connectivity index is 1.54. The number of aromatic nitrogens is 1. The van der Waals surface area contributed by atoms with E-state index < -0.39 is 0 Å². The van der Waals surface area contributed by atoms with Crippen LogP contribution >= 0.6 is 11.3 Å². The van der Waals surface area contributed by atoms with E-state index in [4.69, 9.17) is 4.42 Å². The molecule has 2 aromatic heterocycles. The zero-order chi connectivity index (χ0) is 15.1. The monoisotopic (exact) mass is 314 g/mol. The van der Waals surface area contributed by atoms with E-state index in [1.807, 2.05) is 29.7 Å². The molecule has 6 heteroatoms. The summed E-state index contributed by atoms with van der Waals surface area (Å²) in [5.74, 6) is -0.0226. The largest absolute Gasteiger partial charge is 0.443 e. The lowest BCUT2D eigenvalue weighted by molar-refractivity contribution is -0.140. The lowest BCUT2D eigenvalue weighted by atomic mass is 9.85. The van der Waals surface area contributed by atoms with Crippen LogP contribution in [0.2, 0.25) is 0 Å². The predicted octanol–water partition coefficient (Wildman–Crippen LogP) is 2.85.